The Hall–Kier alpha value is -3.27. The standard InChI is InChI=1S/C35H42F2N6O5S/c1-34(45)17-42(14-21(15-44)47-18-34)32-24-13-39-29(22-5-6-25(36)31-23(22)12-27(38)49-31)28(37)30(24)40-33(41-32)48-19-35-8-2-4-26(35)43(10-3-9-35)20-7-11-46-16-20/h5-6,12-13,20-21,26,44-45H,2-4,7-11,14-19,38H2,1H3/t20?,21-,26?,34+,35?/m1/s1. The molecule has 262 valence electrons. The molecule has 1 aliphatic carbocycles. The Labute approximate surface area is 287 Å². The van der Waals surface area contributed by atoms with Crippen LogP contribution in [0.25, 0.3) is 32.2 Å². The molecular formula is C35H42F2N6O5S. The Morgan fingerprint density at radius 3 is 2.84 bits per heavy atom. The van der Waals surface area contributed by atoms with Gasteiger partial charge in [-0.15, -0.1) is 11.3 Å². The van der Waals surface area contributed by atoms with Crippen molar-refractivity contribution >= 4 is 43.1 Å². The fourth-order valence-electron chi connectivity index (χ4n) is 8.59. The minimum Gasteiger partial charge on any atom is -0.463 e. The number of benzene rings is 1. The average molecular weight is 697 g/mol. The second-order valence-corrected chi connectivity index (χ2v) is 15.5. The van der Waals surface area contributed by atoms with Crippen LogP contribution >= 0.6 is 11.3 Å². The molecule has 3 unspecified atom stereocenters. The lowest BCUT2D eigenvalue weighted by atomic mass is 9.75. The third-order valence-electron chi connectivity index (χ3n) is 10.9. The molecule has 8 rings (SSSR count). The van der Waals surface area contributed by atoms with E-state index in [4.69, 9.17) is 24.9 Å². The van der Waals surface area contributed by atoms with Crippen LogP contribution in [-0.2, 0) is 9.47 Å². The largest absolute Gasteiger partial charge is 0.463 e. The number of anilines is 2. The third kappa shape index (κ3) is 5.99. The number of aromatic nitrogens is 3. The number of hydrogen-bond donors (Lipinski definition) is 3. The van der Waals surface area contributed by atoms with Crippen molar-refractivity contribution in [2.75, 3.05) is 63.3 Å². The van der Waals surface area contributed by atoms with E-state index in [-0.39, 0.29) is 48.9 Å². The molecule has 14 heteroatoms. The maximum Gasteiger partial charge on any atom is 0.319 e. The number of halogens is 2. The Morgan fingerprint density at radius 1 is 1.16 bits per heavy atom. The summed E-state index contributed by atoms with van der Waals surface area (Å²) in [4.78, 5) is 18.4. The summed E-state index contributed by atoms with van der Waals surface area (Å²) in [6.07, 6.45) is 7.25. The number of fused-ring (bicyclic) bond motifs is 3. The number of β-amino-alcohol motifs (C(OH)–C–C–N with tert-alkyl or cyclic N) is 1. The first-order valence-electron chi connectivity index (χ1n) is 17.1. The number of nitrogen functional groups attached to an aromatic ring is 1. The van der Waals surface area contributed by atoms with Crippen molar-refractivity contribution in [2.24, 2.45) is 5.41 Å². The highest BCUT2D eigenvalue weighted by molar-refractivity contribution is 7.22. The lowest BCUT2D eigenvalue weighted by molar-refractivity contribution is -0.0528. The van der Waals surface area contributed by atoms with Crippen LogP contribution in [0.1, 0.15) is 45.4 Å². The number of hydrogen-bond acceptors (Lipinski definition) is 12. The number of thiophene rings is 1. The summed E-state index contributed by atoms with van der Waals surface area (Å²) >= 11 is 1.09. The quantitative estimate of drug-likeness (QED) is 0.252. The zero-order chi connectivity index (χ0) is 33.9. The molecule has 5 atom stereocenters. The molecule has 4 aromatic rings. The number of aliphatic hydroxyl groups excluding tert-OH is 1. The molecule has 0 radical (unpaired) electrons. The highest BCUT2D eigenvalue weighted by Crippen LogP contribution is 2.49. The van der Waals surface area contributed by atoms with Crippen molar-refractivity contribution in [2.45, 2.75) is 69.2 Å². The minimum absolute atomic E-state index is 0.00138. The molecule has 4 N–H and O–H groups in total. The van der Waals surface area contributed by atoms with E-state index in [1.54, 1.807) is 17.9 Å². The van der Waals surface area contributed by atoms with Gasteiger partial charge in [-0.25, -0.2) is 8.78 Å². The van der Waals surface area contributed by atoms with Crippen molar-refractivity contribution in [3.05, 3.63) is 36.0 Å². The second-order valence-electron chi connectivity index (χ2n) is 14.4. The molecule has 6 heterocycles. The fraction of sp³-hybridized carbons (Fsp3) is 0.571. The number of nitrogens with two attached hydrogens (primary N) is 1. The SMILES string of the molecule is C[C@@]1(O)CO[C@@H](CO)CN(c2nc(OCC34CCCC3N(C3CCOC3)CCC4)nc3c(F)c(-c4ccc(F)c5sc(N)cc45)ncc23)C1. The summed E-state index contributed by atoms with van der Waals surface area (Å²) in [5.41, 5.74) is 5.05. The van der Waals surface area contributed by atoms with Gasteiger partial charge in [0, 0.05) is 47.8 Å². The normalized spacial score (nSPS) is 29.5. The number of likely N-dealkylation sites (tertiary alicyclic amines) is 1. The van der Waals surface area contributed by atoms with Gasteiger partial charge in [-0.2, -0.15) is 9.97 Å². The van der Waals surface area contributed by atoms with E-state index in [1.165, 1.54) is 18.3 Å². The van der Waals surface area contributed by atoms with Crippen LogP contribution in [0.2, 0.25) is 0 Å². The van der Waals surface area contributed by atoms with E-state index in [0.29, 0.717) is 50.5 Å². The van der Waals surface area contributed by atoms with Crippen LogP contribution in [-0.4, -0.2) is 107 Å². The lowest BCUT2D eigenvalue weighted by Gasteiger charge is -2.48. The monoisotopic (exact) mass is 696 g/mol. The van der Waals surface area contributed by atoms with E-state index in [9.17, 15) is 14.6 Å². The molecule has 4 fully saturated rings. The Bertz CT molecular complexity index is 1870. The molecule has 3 saturated heterocycles. The van der Waals surface area contributed by atoms with Gasteiger partial charge >= 0.3 is 6.01 Å². The van der Waals surface area contributed by atoms with Crippen LogP contribution in [0.3, 0.4) is 0 Å². The summed E-state index contributed by atoms with van der Waals surface area (Å²) in [5.74, 6) is -0.829. The van der Waals surface area contributed by atoms with Gasteiger partial charge < -0.3 is 35.1 Å². The first kappa shape index (κ1) is 32.9. The molecule has 0 spiro atoms. The molecular weight excluding hydrogens is 654 g/mol. The smallest absolute Gasteiger partial charge is 0.319 e. The van der Waals surface area contributed by atoms with Gasteiger partial charge in [0.1, 0.15) is 28.4 Å². The van der Waals surface area contributed by atoms with E-state index >= 15 is 4.39 Å². The maximum absolute atomic E-state index is 16.8. The Balaban J connectivity index is 1.21. The predicted molar refractivity (Wildman–Crippen MR) is 183 cm³/mol. The number of ether oxygens (including phenoxy) is 3. The maximum atomic E-state index is 16.8. The van der Waals surface area contributed by atoms with Crippen LogP contribution in [0, 0.1) is 17.0 Å². The van der Waals surface area contributed by atoms with Gasteiger partial charge in [-0.1, -0.05) is 6.42 Å². The van der Waals surface area contributed by atoms with Crippen molar-refractivity contribution < 1.29 is 33.2 Å². The average Bonchev–Trinajstić information content (AvgIpc) is 3.84. The van der Waals surface area contributed by atoms with Crippen LogP contribution in [0.15, 0.2) is 24.4 Å². The van der Waals surface area contributed by atoms with Crippen LogP contribution < -0.4 is 15.4 Å². The van der Waals surface area contributed by atoms with Crippen molar-refractivity contribution in [3.8, 4) is 17.3 Å². The molecule has 1 aromatic carbocycles. The zero-order valence-electron chi connectivity index (χ0n) is 27.5. The van der Waals surface area contributed by atoms with Gasteiger partial charge in [0.2, 0.25) is 0 Å². The number of piperidine rings is 1. The number of nitrogens with zero attached hydrogens (tertiary/aromatic N) is 5. The summed E-state index contributed by atoms with van der Waals surface area (Å²) in [6, 6.07) is 5.22. The molecule has 3 aromatic heterocycles. The van der Waals surface area contributed by atoms with Crippen LogP contribution in [0.4, 0.5) is 19.6 Å². The highest BCUT2D eigenvalue weighted by Gasteiger charge is 2.50. The molecule has 0 amide bonds. The molecule has 3 aliphatic heterocycles. The number of pyridine rings is 1. The predicted octanol–water partition coefficient (Wildman–Crippen LogP) is 4.52. The Kier molecular flexibility index (Phi) is 8.60. The third-order valence-corrected chi connectivity index (χ3v) is 11.8. The van der Waals surface area contributed by atoms with E-state index in [0.717, 1.165) is 69.6 Å². The van der Waals surface area contributed by atoms with E-state index in [2.05, 4.69) is 14.9 Å². The van der Waals surface area contributed by atoms with Gasteiger partial charge in [0.05, 0.1) is 54.2 Å². The lowest BCUT2D eigenvalue weighted by Crippen LogP contribution is -2.55. The second kappa shape index (κ2) is 12.8. The van der Waals surface area contributed by atoms with Crippen LogP contribution in [0.5, 0.6) is 6.01 Å². The first-order chi connectivity index (χ1) is 23.6. The Morgan fingerprint density at radius 2 is 2.02 bits per heavy atom. The summed E-state index contributed by atoms with van der Waals surface area (Å²) in [7, 11) is 0. The fourth-order valence-corrected chi connectivity index (χ4v) is 9.45. The van der Waals surface area contributed by atoms with E-state index < -0.39 is 23.3 Å². The van der Waals surface area contributed by atoms with Gasteiger partial charge in [0.15, 0.2) is 5.82 Å². The molecule has 49 heavy (non-hydrogen) atoms. The molecule has 1 saturated carbocycles. The summed E-state index contributed by atoms with van der Waals surface area (Å²) < 4.78 is 49.9. The zero-order valence-corrected chi connectivity index (χ0v) is 28.4. The number of rotatable bonds is 7. The molecule has 4 aliphatic rings. The molecule has 0 bridgehead atoms. The van der Waals surface area contributed by atoms with Gasteiger partial charge in [-0.05, 0) is 63.8 Å². The van der Waals surface area contributed by atoms with Crippen molar-refractivity contribution in [1.29, 1.82) is 0 Å². The first-order valence-corrected chi connectivity index (χ1v) is 18.0. The highest BCUT2D eigenvalue weighted by atomic mass is 32.1. The van der Waals surface area contributed by atoms with Gasteiger partial charge in [0.25, 0.3) is 0 Å². The molecule has 11 nitrogen and oxygen atoms in total. The van der Waals surface area contributed by atoms with Crippen molar-refractivity contribution in [3.63, 3.8) is 0 Å². The topological polar surface area (TPSA) is 139 Å². The summed E-state index contributed by atoms with van der Waals surface area (Å²) in [6.45, 7) is 4.68. The minimum atomic E-state index is -1.28. The van der Waals surface area contributed by atoms with Gasteiger partial charge in [-0.3, -0.25) is 9.88 Å². The van der Waals surface area contributed by atoms with E-state index in [1.807, 2.05) is 0 Å². The summed E-state index contributed by atoms with van der Waals surface area (Å²) in [5, 5.41) is 22.4. The number of aliphatic hydroxyl groups is 2. The van der Waals surface area contributed by atoms with Crippen molar-refractivity contribution in [1.82, 2.24) is 19.9 Å².